The highest BCUT2D eigenvalue weighted by Crippen LogP contribution is 2.29. The Morgan fingerprint density at radius 3 is 2.85 bits per heavy atom. The monoisotopic (exact) mass is 454 g/mol. The van der Waals surface area contributed by atoms with Crippen LogP contribution >= 0.6 is 39.1 Å². The number of nitrogens with zero attached hydrogens (tertiary/aromatic N) is 6. The predicted molar refractivity (Wildman–Crippen MR) is 99.3 cm³/mol. The molecule has 0 aliphatic carbocycles. The summed E-state index contributed by atoms with van der Waals surface area (Å²) in [6, 6.07) is 4.95. The van der Waals surface area contributed by atoms with Gasteiger partial charge in [-0.3, -0.25) is 9.36 Å². The molecule has 0 amide bonds. The molecule has 8 nitrogen and oxygen atoms in total. The molecule has 0 unspecified atom stereocenters. The molecule has 0 radical (unpaired) electrons. The van der Waals surface area contributed by atoms with Crippen molar-refractivity contribution in [1.29, 1.82) is 0 Å². The lowest BCUT2D eigenvalue weighted by Crippen LogP contribution is -2.21. The fraction of sp³-hybridized carbons (Fsp3) is 0.133. The fourth-order valence-corrected chi connectivity index (χ4v) is 3.56. The van der Waals surface area contributed by atoms with Crippen molar-refractivity contribution in [2.75, 3.05) is 0 Å². The maximum Gasteiger partial charge on any atom is 0.266 e. The standard InChI is InChI=1S/C15H9BrCl2N6O2/c1-23-13-11(12(16)22-23)15(25)24(6-19-13)5-10-20-21-14(26-10)8-3-2-7(17)4-9(8)18/h2-4,6H,5H2,1H3. The summed E-state index contributed by atoms with van der Waals surface area (Å²) in [7, 11) is 1.71. The Bertz CT molecular complexity index is 1200. The highest BCUT2D eigenvalue weighted by atomic mass is 79.9. The van der Waals surface area contributed by atoms with Crippen LogP contribution in [0.3, 0.4) is 0 Å². The van der Waals surface area contributed by atoms with E-state index >= 15 is 0 Å². The van der Waals surface area contributed by atoms with Gasteiger partial charge in [0.15, 0.2) is 5.65 Å². The van der Waals surface area contributed by atoms with E-state index in [0.717, 1.165) is 0 Å². The third-order valence-corrected chi connectivity index (χ3v) is 4.81. The molecule has 1 aromatic carbocycles. The average Bonchev–Trinajstić information content (AvgIpc) is 3.15. The third-order valence-electron chi connectivity index (χ3n) is 3.70. The lowest BCUT2D eigenvalue weighted by Gasteiger charge is -2.02. The molecule has 132 valence electrons. The van der Waals surface area contributed by atoms with Crippen LogP contribution in [0.5, 0.6) is 0 Å². The van der Waals surface area contributed by atoms with E-state index < -0.39 is 0 Å². The largest absolute Gasteiger partial charge is 0.419 e. The molecule has 3 aromatic heterocycles. The summed E-state index contributed by atoms with van der Waals surface area (Å²) >= 11 is 15.3. The van der Waals surface area contributed by atoms with Crippen LogP contribution in [0.1, 0.15) is 5.89 Å². The Balaban J connectivity index is 1.70. The van der Waals surface area contributed by atoms with Gasteiger partial charge in [0.2, 0.25) is 11.8 Å². The van der Waals surface area contributed by atoms with Crippen molar-refractivity contribution in [3.8, 4) is 11.5 Å². The molecule has 0 atom stereocenters. The first-order valence-electron chi connectivity index (χ1n) is 7.29. The molecule has 0 aliphatic heterocycles. The molecule has 0 spiro atoms. The molecule has 0 bridgehead atoms. The number of hydrogen-bond donors (Lipinski definition) is 0. The summed E-state index contributed by atoms with van der Waals surface area (Å²) in [5, 5.41) is 13.4. The summed E-state index contributed by atoms with van der Waals surface area (Å²) in [5.41, 5.74) is 0.780. The van der Waals surface area contributed by atoms with E-state index in [9.17, 15) is 4.79 Å². The number of aromatic nitrogens is 6. The van der Waals surface area contributed by atoms with Crippen LogP contribution in [0.2, 0.25) is 10.0 Å². The van der Waals surface area contributed by atoms with Crippen LogP contribution < -0.4 is 5.56 Å². The molecule has 0 aliphatic rings. The zero-order valence-electron chi connectivity index (χ0n) is 13.2. The first kappa shape index (κ1) is 17.2. The van der Waals surface area contributed by atoms with E-state index in [1.165, 1.54) is 15.6 Å². The van der Waals surface area contributed by atoms with Crippen molar-refractivity contribution < 1.29 is 4.42 Å². The van der Waals surface area contributed by atoms with Crippen LogP contribution in [-0.4, -0.2) is 29.5 Å². The number of halogens is 3. The minimum atomic E-state index is -0.265. The van der Waals surface area contributed by atoms with Crippen molar-refractivity contribution in [2.45, 2.75) is 6.54 Å². The van der Waals surface area contributed by atoms with Gasteiger partial charge in [0, 0.05) is 12.1 Å². The van der Waals surface area contributed by atoms with Crippen LogP contribution in [-0.2, 0) is 13.6 Å². The first-order valence-corrected chi connectivity index (χ1v) is 8.84. The number of aryl methyl sites for hydroxylation is 1. The van der Waals surface area contributed by atoms with Gasteiger partial charge < -0.3 is 4.42 Å². The summed E-state index contributed by atoms with van der Waals surface area (Å²) in [6.07, 6.45) is 1.41. The highest BCUT2D eigenvalue weighted by Gasteiger charge is 2.16. The van der Waals surface area contributed by atoms with Gasteiger partial charge in [-0.05, 0) is 34.1 Å². The highest BCUT2D eigenvalue weighted by molar-refractivity contribution is 9.10. The molecule has 0 N–H and O–H groups in total. The third kappa shape index (κ3) is 2.91. The van der Waals surface area contributed by atoms with E-state index in [-0.39, 0.29) is 23.9 Å². The second-order valence-electron chi connectivity index (χ2n) is 5.42. The zero-order chi connectivity index (χ0) is 18.4. The van der Waals surface area contributed by atoms with E-state index in [0.29, 0.717) is 31.2 Å². The van der Waals surface area contributed by atoms with E-state index in [4.69, 9.17) is 27.6 Å². The smallest absolute Gasteiger partial charge is 0.266 e. The van der Waals surface area contributed by atoms with Gasteiger partial charge in [-0.2, -0.15) is 5.10 Å². The lowest BCUT2D eigenvalue weighted by molar-refractivity contribution is 0.483. The maximum atomic E-state index is 12.6. The number of hydrogen-bond acceptors (Lipinski definition) is 6. The molecule has 0 saturated carbocycles. The summed E-state index contributed by atoms with van der Waals surface area (Å²) in [6.45, 7) is 0.0708. The maximum absolute atomic E-state index is 12.6. The zero-order valence-corrected chi connectivity index (χ0v) is 16.2. The van der Waals surface area contributed by atoms with Gasteiger partial charge in [-0.25, -0.2) is 9.67 Å². The van der Waals surface area contributed by atoms with Crippen LogP contribution in [0.4, 0.5) is 0 Å². The quantitative estimate of drug-likeness (QED) is 0.470. The van der Waals surface area contributed by atoms with Gasteiger partial charge in [-0.1, -0.05) is 23.2 Å². The van der Waals surface area contributed by atoms with Gasteiger partial charge in [0.25, 0.3) is 5.56 Å². The summed E-state index contributed by atoms with van der Waals surface area (Å²) in [4.78, 5) is 16.9. The van der Waals surface area contributed by atoms with Crippen LogP contribution in [0.25, 0.3) is 22.5 Å². The van der Waals surface area contributed by atoms with Crippen molar-refractivity contribution in [1.82, 2.24) is 29.5 Å². The Hall–Kier alpha value is -2.23. The molecule has 26 heavy (non-hydrogen) atoms. The van der Waals surface area contributed by atoms with Crippen LogP contribution in [0.15, 0.2) is 38.3 Å². The molecule has 0 fully saturated rings. The SMILES string of the molecule is Cn1nc(Br)c2c(=O)n(Cc3nnc(-c4ccc(Cl)cc4Cl)o3)cnc21. The Morgan fingerprint density at radius 2 is 2.08 bits per heavy atom. The summed E-state index contributed by atoms with van der Waals surface area (Å²) in [5.74, 6) is 0.487. The molecular weight excluding hydrogens is 447 g/mol. The predicted octanol–water partition coefficient (Wildman–Crippen LogP) is 3.30. The van der Waals surface area contributed by atoms with E-state index in [1.807, 2.05) is 0 Å². The minimum absolute atomic E-state index is 0.0708. The second-order valence-corrected chi connectivity index (χ2v) is 7.01. The fourth-order valence-electron chi connectivity index (χ4n) is 2.48. The number of benzene rings is 1. The Kier molecular flexibility index (Phi) is 4.29. The van der Waals surface area contributed by atoms with Crippen molar-refractivity contribution in [2.24, 2.45) is 7.05 Å². The molecule has 3 heterocycles. The van der Waals surface area contributed by atoms with E-state index in [2.05, 4.69) is 36.2 Å². The van der Waals surface area contributed by atoms with Crippen LogP contribution in [0, 0.1) is 0 Å². The molecule has 4 aromatic rings. The lowest BCUT2D eigenvalue weighted by atomic mass is 10.2. The molecular formula is C15H9BrCl2N6O2. The van der Waals surface area contributed by atoms with Gasteiger partial charge >= 0.3 is 0 Å². The topological polar surface area (TPSA) is 91.6 Å². The molecule has 11 heteroatoms. The van der Waals surface area contributed by atoms with Crippen molar-refractivity contribution in [3.05, 3.63) is 55.4 Å². The second kappa shape index (κ2) is 6.49. The summed E-state index contributed by atoms with van der Waals surface area (Å²) < 4.78 is 8.96. The number of rotatable bonds is 3. The van der Waals surface area contributed by atoms with E-state index in [1.54, 1.807) is 25.2 Å². The average molecular weight is 456 g/mol. The van der Waals surface area contributed by atoms with Crippen molar-refractivity contribution in [3.63, 3.8) is 0 Å². The van der Waals surface area contributed by atoms with Gasteiger partial charge in [-0.15, -0.1) is 10.2 Å². The Labute approximate surface area is 164 Å². The first-order chi connectivity index (χ1) is 12.4. The normalized spacial score (nSPS) is 11.4. The van der Waals surface area contributed by atoms with Gasteiger partial charge in [0.1, 0.15) is 22.9 Å². The minimum Gasteiger partial charge on any atom is -0.419 e. The number of fused-ring (bicyclic) bond motifs is 1. The van der Waals surface area contributed by atoms with Gasteiger partial charge in [0.05, 0.1) is 10.6 Å². The van der Waals surface area contributed by atoms with Crippen molar-refractivity contribution >= 4 is 50.2 Å². The Morgan fingerprint density at radius 1 is 1.27 bits per heavy atom. The molecule has 0 saturated heterocycles. The molecule has 4 rings (SSSR count).